The van der Waals surface area contributed by atoms with Crippen LogP contribution in [0.4, 0.5) is 5.69 Å². The van der Waals surface area contributed by atoms with Crippen molar-refractivity contribution in [3.05, 3.63) is 53.1 Å². The fraction of sp³-hybridized carbons (Fsp3) is 0.222. The molecule has 4 rings (SSSR count). The van der Waals surface area contributed by atoms with Gasteiger partial charge in [0.1, 0.15) is 0 Å². The molecular formula is C18H18N4O. The van der Waals surface area contributed by atoms with Crippen LogP contribution in [0.3, 0.4) is 0 Å². The molecule has 2 aromatic rings. The maximum absolute atomic E-state index is 12.1. The second-order valence-electron chi connectivity index (χ2n) is 6.09. The van der Waals surface area contributed by atoms with Crippen molar-refractivity contribution in [2.45, 2.75) is 13.0 Å². The van der Waals surface area contributed by atoms with Crippen molar-refractivity contribution in [1.29, 1.82) is 0 Å². The summed E-state index contributed by atoms with van der Waals surface area (Å²) in [6.07, 6.45) is 0.967. The summed E-state index contributed by atoms with van der Waals surface area (Å²) < 4.78 is 0. The molecule has 0 spiro atoms. The van der Waals surface area contributed by atoms with Crippen LogP contribution in [-0.2, 0) is 17.8 Å². The highest BCUT2D eigenvalue weighted by molar-refractivity contribution is 6.54. The number of likely N-dealkylation sites (N-methyl/N-ethyl adjacent to an activating group) is 1. The summed E-state index contributed by atoms with van der Waals surface area (Å²) in [6.45, 7) is 1.83. The Bertz CT molecular complexity index is 827. The van der Waals surface area contributed by atoms with Crippen molar-refractivity contribution in [3.8, 4) is 11.1 Å². The average Bonchev–Trinajstić information content (AvgIpc) is 2.90. The van der Waals surface area contributed by atoms with E-state index in [0.717, 1.165) is 36.3 Å². The summed E-state index contributed by atoms with van der Waals surface area (Å²) in [4.78, 5) is 14.4. The van der Waals surface area contributed by atoms with Gasteiger partial charge < -0.3 is 16.1 Å². The number of anilines is 1. The minimum Gasteiger partial charge on any atom is -0.322 e. The van der Waals surface area contributed by atoms with Crippen LogP contribution in [0.2, 0.25) is 0 Å². The monoisotopic (exact) mass is 306 g/mol. The molecule has 2 aliphatic rings. The third-order valence-corrected chi connectivity index (χ3v) is 4.64. The van der Waals surface area contributed by atoms with Crippen LogP contribution >= 0.6 is 0 Å². The number of hydrazone groups is 1. The summed E-state index contributed by atoms with van der Waals surface area (Å²) in [5.74, 6) is 5.23. The van der Waals surface area contributed by atoms with E-state index in [0.29, 0.717) is 5.71 Å². The summed E-state index contributed by atoms with van der Waals surface area (Å²) in [6, 6.07) is 12.3. The van der Waals surface area contributed by atoms with Gasteiger partial charge in [-0.25, -0.2) is 0 Å². The Labute approximate surface area is 134 Å². The largest absolute Gasteiger partial charge is 0.322 e. The first-order valence-electron chi connectivity index (χ1n) is 7.71. The second kappa shape index (κ2) is 5.21. The van der Waals surface area contributed by atoms with Crippen LogP contribution in [0.15, 0.2) is 41.5 Å². The van der Waals surface area contributed by atoms with Gasteiger partial charge in [-0.05, 0) is 41.8 Å². The lowest BCUT2D eigenvalue weighted by molar-refractivity contribution is -0.110. The zero-order chi connectivity index (χ0) is 16.0. The molecule has 0 unspecified atom stereocenters. The number of hydrogen-bond donors (Lipinski definition) is 2. The van der Waals surface area contributed by atoms with Gasteiger partial charge >= 0.3 is 0 Å². The Kier molecular flexibility index (Phi) is 3.16. The van der Waals surface area contributed by atoms with Gasteiger partial charge in [0, 0.05) is 18.7 Å². The van der Waals surface area contributed by atoms with Gasteiger partial charge in [0.2, 0.25) is 0 Å². The zero-order valence-corrected chi connectivity index (χ0v) is 13.0. The standard InChI is InChI=1S/C18H18N4O/c1-22-8-7-12-13(11-5-3-2-4-6-11)9-14-16(15(12)10-22)20-18(23)17(14)21-19/h2-6,9H,7-8,10,19H2,1H3,(H,20,21,23). The van der Waals surface area contributed by atoms with Crippen LogP contribution < -0.4 is 11.2 Å². The molecule has 0 radical (unpaired) electrons. The summed E-state index contributed by atoms with van der Waals surface area (Å²) in [5, 5.41) is 6.65. The van der Waals surface area contributed by atoms with Gasteiger partial charge in [0.25, 0.3) is 5.91 Å². The molecule has 5 nitrogen and oxygen atoms in total. The molecule has 0 atom stereocenters. The molecule has 0 saturated heterocycles. The highest BCUT2D eigenvalue weighted by atomic mass is 16.2. The highest BCUT2D eigenvalue weighted by Gasteiger charge is 2.32. The van der Waals surface area contributed by atoms with Crippen molar-refractivity contribution in [2.75, 3.05) is 18.9 Å². The van der Waals surface area contributed by atoms with Crippen LogP contribution in [0, 0.1) is 0 Å². The fourth-order valence-electron chi connectivity index (χ4n) is 3.52. The molecule has 0 bridgehead atoms. The predicted molar refractivity (Wildman–Crippen MR) is 91.3 cm³/mol. The normalized spacial score (nSPS) is 18.7. The van der Waals surface area contributed by atoms with Gasteiger partial charge in [-0.3, -0.25) is 4.79 Å². The van der Waals surface area contributed by atoms with Crippen molar-refractivity contribution >= 4 is 17.3 Å². The number of hydrogen-bond acceptors (Lipinski definition) is 4. The number of nitrogens with two attached hydrogens (primary N) is 1. The number of carbonyl (C=O) groups excluding carboxylic acids is 1. The highest BCUT2D eigenvalue weighted by Crippen LogP contribution is 2.39. The number of fused-ring (bicyclic) bond motifs is 3. The molecule has 5 heteroatoms. The van der Waals surface area contributed by atoms with Crippen molar-refractivity contribution in [2.24, 2.45) is 10.9 Å². The summed E-state index contributed by atoms with van der Waals surface area (Å²) >= 11 is 0. The number of rotatable bonds is 1. The lowest BCUT2D eigenvalue weighted by Crippen LogP contribution is -2.27. The Morgan fingerprint density at radius 1 is 1.17 bits per heavy atom. The molecular weight excluding hydrogens is 288 g/mol. The Balaban J connectivity index is 2.00. The molecule has 1 amide bonds. The minimum atomic E-state index is -0.219. The van der Waals surface area contributed by atoms with E-state index in [4.69, 9.17) is 5.84 Å². The second-order valence-corrected chi connectivity index (χ2v) is 6.09. The Morgan fingerprint density at radius 3 is 2.70 bits per heavy atom. The molecule has 0 saturated carbocycles. The van der Waals surface area contributed by atoms with Crippen LogP contribution in [0.5, 0.6) is 0 Å². The number of nitrogens with one attached hydrogen (secondary N) is 1. The maximum atomic E-state index is 12.1. The smallest absolute Gasteiger partial charge is 0.276 e. The third kappa shape index (κ3) is 2.12. The van der Waals surface area contributed by atoms with Gasteiger partial charge in [-0.2, -0.15) is 5.10 Å². The number of benzene rings is 2. The van der Waals surface area contributed by atoms with E-state index in [2.05, 4.69) is 40.6 Å². The average molecular weight is 306 g/mol. The maximum Gasteiger partial charge on any atom is 0.276 e. The van der Waals surface area contributed by atoms with E-state index in [9.17, 15) is 4.79 Å². The molecule has 3 N–H and O–H groups in total. The molecule has 0 fully saturated rings. The third-order valence-electron chi connectivity index (χ3n) is 4.64. The number of amides is 1. The minimum absolute atomic E-state index is 0.219. The molecule has 2 aromatic carbocycles. The predicted octanol–water partition coefficient (Wildman–Crippen LogP) is 1.96. The molecule has 0 aliphatic carbocycles. The van der Waals surface area contributed by atoms with Crippen molar-refractivity contribution in [3.63, 3.8) is 0 Å². The van der Waals surface area contributed by atoms with Gasteiger partial charge in [0.05, 0.1) is 5.69 Å². The topological polar surface area (TPSA) is 70.7 Å². The Hall–Kier alpha value is -2.66. The molecule has 2 heterocycles. The molecule has 116 valence electrons. The van der Waals surface area contributed by atoms with E-state index >= 15 is 0 Å². The fourth-order valence-corrected chi connectivity index (χ4v) is 3.52. The lowest BCUT2D eigenvalue weighted by Gasteiger charge is -2.29. The van der Waals surface area contributed by atoms with Gasteiger partial charge in [-0.15, -0.1) is 0 Å². The van der Waals surface area contributed by atoms with Gasteiger partial charge in [-0.1, -0.05) is 30.3 Å². The first-order chi connectivity index (χ1) is 11.2. The SMILES string of the molecule is CN1CCc2c(-c3ccccc3)cc3c(c2C1)NC(=O)/C3=N/N. The van der Waals surface area contributed by atoms with Crippen LogP contribution in [0.25, 0.3) is 11.1 Å². The van der Waals surface area contributed by atoms with E-state index in [1.165, 1.54) is 16.7 Å². The van der Waals surface area contributed by atoms with E-state index in [-0.39, 0.29) is 5.91 Å². The molecule has 0 aromatic heterocycles. The van der Waals surface area contributed by atoms with E-state index in [1.807, 2.05) is 18.2 Å². The molecule has 23 heavy (non-hydrogen) atoms. The van der Waals surface area contributed by atoms with E-state index in [1.54, 1.807) is 0 Å². The first kappa shape index (κ1) is 14.0. The summed E-state index contributed by atoms with van der Waals surface area (Å²) in [5.41, 5.74) is 6.82. The summed E-state index contributed by atoms with van der Waals surface area (Å²) in [7, 11) is 2.10. The van der Waals surface area contributed by atoms with Crippen molar-refractivity contribution < 1.29 is 4.79 Å². The van der Waals surface area contributed by atoms with Gasteiger partial charge in [0.15, 0.2) is 5.71 Å². The van der Waals surface area contributed by atoms with Crippen molar-refractivity contribution in [1.82, 2.24) is 4.90 Å². The number of carbonyl (C=O) groups is 1. The van der Waals surface area contributed by atoms with Crippen LogP contribution in [0.1, 0.15) is 16.7 Å². The zero-order valence-electron chi connectivity index (χ0n) is 13.0. The number of nitrogens with zero attached hydrogens (tertiary/aromatic N) is 2. The quantitative estimate of drug-likeness (QED) is 0.625. The van der Waals surface area contributed by atoms with Crippen LogP contribution in [-0.4, -0.2) is 30.1 Å². The lowest BCUT2D eigenvalue weighted by atomic mass is 9.87. The first-order valence-corrected chi connectivity index (χ1v) is 7.71. The molecule has 2 aliphatic heterocycles. The van der Waals surface area contributed by atoms with E-state index < -0.39 is 0 Å². The Morgan fingerprint density at radius 2 is 1.96 bits per heavy atom.